The average molecular weight is 316 g/mol. The minimum absolute atomic E-state index is 0.0692. The summed E-state index contributed by atoms with van der Waals surface area (Å²) in [7, 11) is 3.45. The van der Waals surface area contributed by atoms with Gasteiger partial charge in [-0.3, -0.25) is 9.80 Å². The minimum Gasteiger partial charge on any atom is -0.444 e. The number of rotatable bonds is 3. The van der Waals surface area contributed by atoms with Crippen molar-refractivity contribution in [3.05, 3.63) is 34.2 Å². The van der Waals surface area contributed by atoms with E-state index in [-0.39, 0.29) is 12.6 Å². The van der Waals surface area contributed by atoms with Gasteiger partial charge in [-0.1, -0.05) is 5.11 Å². The van der Waals surface area contributed by atoms with Crippen LogP contribution in [0.5, 0.6) is 0 Å². The molecule has 0 unspecified atom stereocenters. The molecule has 2 aliphatic rings. The predicted molar refractivity (Wildman–Crippen MR) is 83.3 cm³/mol. The number of hydrogen-bond acceptors (Lipinski definition) is 4. The van der Waals surface area contributed by atoms with Crippen molar-refractivity contribution in [2.45, 2.75) is 12.6 Å². The van der Waals surface area contributed by atoms with Gasteiger partial charge >= 0.3 is 12.1 Å². The Balaban J connectivity index is 1.85. The molecule has 1 aromatic rings. The molecule has 2 aliphatic heterocycles. The van der Waals surface area contributed by atoms with E-state index in [0.29, 0.717) is 18.8 Å². The van der Waals surface area contributed by atoms with Crippen LogP contribution in [-0.4, -0.2) is 50.3 Å². The molecule has 9 heteroatoms. The number of fused-ring (bicyclic) bond motifs is 1. The Bertz CT molecular complexity index is 714. The molecule has 0 saturated carbocycles. The Morgan fingerprint density at radius 2 is 2.17 bits per heavy atom. The number of urea groups is 1. The molecule has 0 aromatic heterocycles. The molecule has 1 aromatic carbocycles. The highest BCUT2D eigenvalue weighted by Gasteiger charge is 2.33. The fourth-order valence-corrected chi connectivity index (χ4v) is 2.83. The highest BCUT2D eigenvalue weighted by Crippen LogP contribution is 2.32. The second kappa shape index (κ2) is 5.69. The zero-order valence-corrected chi connectivity index (χ0v) is 12.8. The van der Waals surface area contributed by atoms with Gasteiger partial charge in [0.2, 0.25) is 0 Å². The minimum atomic E-state index is -0.461. The van der Waals surface area contributed by atoms with E-state index in [2.05, 4.69) is 10.0 Å². The summed E-state index contributed by atoms with van der Waals surface area (Å²) in [6.45, 7) is 0.933. The summed E-state index contributed by atoms with van der Waals surface area (Å²) in [6.07, 6.45) is -0.905. The fourth-order valence-electron chi connectivity index (χ4n) is 2.83. The van der Waals surface area contributed by atoms with E-state index in [4.69, 9.17) is 10.3 Å². The molecule has 23 heavy (non-hydrogen) atoms. The zero-order chi connectivity index (χ0) is 16.6. The van der Waals surface area contributed by atoms with Gasteiger partial charge in [-0.05, 0) is 29.3 Å². The molecule has 0 bridgehead atoms. The SMILES string of the molecule is CN1Cc2cc(N3C[C@H](CN=[N+]=[N-])OC3=O)ccc2N(C)C1=O. The normalized spacial score (nSPS) is 20.3. The number of carbonyl (C=O) groups is 2. The van der Waals surface area contributed by atoms with E-state index in [1.807, 2.05) is 12.1 Å². The number of nitrogens with zero attached hydrogens (tertiary/aromatic N) is 6. The van der Waals surface area contributed by atoms with Gasteiger partial charge in [-0.25, -0.2) is 9.59 Å². The van der Waals surface area contributed by atoms with E-state index in [0.717, 1.165) is 11.3 Å². The monoisotopic (exact) mass is 316 g/mol. The molecule has 0 radical (unpaired) electrons. The molecule has 0 aliphatic carbocycles. The van der Waals surface area contributed by atoms with E-state index < -0.39 is 12.2 Å². The first-order valence-electron chi connectivity index (χ1n) is 7.12. The maximum atomic E-state index is 12.0. The quantitative estimate of drug-likeness (QED) is 0.485. The third kappa shape index (κ3) is 2.62. The number of ether oxygens (including phenoxy) is 1. The van der Waals surface area contributed by atoms with E-state index in [1.54, 1.807) is 30.0 Å². The Labute approximate surface area is 132 Å². The molecule has 3 rings (SSSR count). The molecule has 2 heterocycles. The maximum absolute atomic E-state index is 12.0. The van der Waals surface area contributed by atoms with Gasteiger partial charge < -0.3 is 9.64 Å². The summed E-state index contributed by atoms with van der Waals surface area (Å²) >= 11 is 0. The van der Waals surface area contributed by atoms with Crippen LogP contribution < -0.4 is 9.80 Å². The van der Waals surface area contributed by atoms with E-state index in [1.165, 1.54) is 4.90 Å². The van der Waals surface area contributed by atoms with Gasteiger partial charge in [0.25, 0.3) is 0 Å². The van der Waals surface area contributed by atoms with Crippen LogP contribution in [0.25, 0.3) is 10.4 Å². The lowest BCUT2D eigenvalue weighted by molar-refractivity contribution is 0.145. The lowest BCUT2D eigenvalue weighted by Crippen LogP contribution is -2.42. The topological polar surface area (TPSA) is 102 Å². The van der Waals surface area contributed by atoms with Gasteiger partial charge in [-0.15, -0.1) is 0 Å². The first-order chi connectivity index (χ1) is 11.0. The highest BCUT2D eigenvalue weighted by molar-refractivity contribution is 5.95. The first-order valence-corrected chi connectivity index (χ1v) is 7.12. The number of anilines is 2. The molecule has 0 N–H and O–H groups in total. The Morgan fingerprint density at radius 1 is 1.39 bits per heavy atom. The number of hydrogen-bond donors (Lipinski definition) is 0. The summed E-state index contributed by atoms with van der Waals surface area (Å²) in [5.41, 5.74) is 10.8. The van der Waals surface area contributed by atoms with Crippen molar-refractivity contribution in [1.82, 2.24) is 4.90 Å². The van der Waals surface area contributed by atoms with Crippen molar-refractivity contribution in [3.8, 4) is 0 Å². The summed E-state index contributed by atoms with van der Waals surface area (Å²) in [6, 6.07) is 5.42. The lowest BCUT2D eigenvalue weighted by atomic mass is 10.1. The predicted octanol–water partition coefficient (Wildman–Crippen LogP) is 2.32. The van der Waals surface area contributed by atoms with Crippen LogP contribution in [0.3, 0.4) is 0 Å². The van der Waals surface area contributed by atoms with Crippen molar-refractivity contribution >= 4 is 23.5 Å². The molecule has 9 nitrogen and oxygen atoms in total. The van der Waals surface area contributed by atoms with Gasteiger partial charge in [0.05, 0.1) is 18.8 Å². The van der Waals surface area contributed by atoms with Crippen LogP contribution >= 0.6 is 0 Å². The molecule has 1 saturated heterocycles. The van der Waals surface area contributed by atoms with Gasteiger partial charge in [0.15, 0.2) is 0 Å². The molecule has 120 valence electrons. The van der Waals surface area contributed by atoms with Crippen LogP contribution in [0.15, 0.2) is 23.3 Å². The van der Waals surface area contributed by atoms with Crippen molar-refractivity contribution in [2.24, 2.45) is 5.11 Å². The second-order valence-corrected chi connectivity index (χ2v) is 5.54. The largest absolute Gasteiger partial charge is 0.444 e. The van der Waals surface area contributed by atoms with Crippen molar-refractivity contribution in [1.29, 1.82) is 0 Å². The summed E-state index contributed by atoms with van der Waals surface area (Å²) < 4.78 is 5.18. The number of amides is 3. The summed E-state index contributed by atoms with van der Waals surface area (Å²) in [5.74, 6) is 0. The Hall–Kier alpha value is -2.93. The van der Waals surface area contributed by atoms with Crippen molar-refractivity contribution < 1.29 is 14.3 Å². The number of benzene rings is 1. The first kappa shape index (κ1) is 15.0. The third-order valence-corrected chi connectivity index (χ3v) is 3.98. The molecule has 0 spiro atoms. The summed E-state index contributed by atoms with van der Waals surface area (Å²) in [4.78, 5) is 31.3. The lowest BCUT2D eigenvalue weighted by Gasteiger charge is -2.33. The maximum Gasteiger partial charge on any atom is 0.414 e. The van der Waals surface area contributed by atoms with Gasteiger partial charge in [0, 0.05) is 31.2 Å². The Morgan fingerprint density at radius 3 is 2.91 bits per heavy atom. The third-order valence-electron chi connectivity index (χ3n) is 3.98. The zero-order valence-electron chi connectivity index (χ0n) is 12.8. The smallest absolute Gasteiger partial charge is 0.414 e. The molecule has 1 atom stereocenters. The number of azide groups is 1. The Kier molecular flexibility index (Phi) is 3.71. The highest BCUT2D eigenvalue weighted by atomic mass is 16.6. The molecular weight excluding hydrogens is 300 g/mol. The van der Waals surface area contributed by atoms with E-state index >= 15 is 0 Å². The van der Waals surface area contributed by atoms with Crippen LogP contribution in [-0.2, 0) is 11.3 Å². The van der Waals surface area contributed by atoms with Crippen LogP contribution in [0.4, 0.5) is 21.0 Å². The summed E-state index contributed by atoms with van der Waals surface area (Å²) in [5, 5.41) is 3.44. The van der Waals surface area contributed by atoms with Crippen molar-refractivity contribution in [2.75, 3.05) is 37.0 Å². The average Bonchev–Trinajstić information content (AvgIpc) is 2.91. The number of carbonyl (C=O) groups excluding carboxylic acids is 2. The second-order valence-electron chi connectivity index (χ2n) is 5.54. The van der Waals surface area contributed by atoms with Crippen LogP contribution in [0.1, 0.15) is 5.56 Å². The van der Waals surface area contributed by atoms with Crippen LogP contribution in [0.2, 0.25) is 0 Å². The van der Waals surface area contributed by atoms with Crippen LogP contribution in [0, 0.1) is 0 Å². The molecular formula is C14H16N6O3. The standard InChI is InChI=1S/C14H16N6O3/c1-18-7-9-5-10(3-4-12(9)19(2)13(18)21)20-8-11(6-16-17-15)23-14(20)22/h3-5,11H,6-8H2,1-2H3/t11-/m0/s1. The van der Waals surface area contributed by atoms with Crippen molar-refractivity contribution in [3.63, 3.8) is 0 Å². The number of cyclic esters (lactones) is 1. The van der Waals surface area contributed by atoms with E-state index in [9.17, 15) is 9.59 Å². The van der Waals surface area contributed by atoms with Gasteiger partial charge in [-0.2, -0.15) is 0 Å². The van der Waals surface area contributed by atoms with Gasteiger partial charge in [0.1, 0.15) is 6.10 Å². The molecule has 1 fully saturated rings. The fraction of sp³-hybridized carbons (Fsp3) is 0.429. The molecule has 3 amide bonds.